The number of nitrogens with two attached hydrogens (primary N) is 1. The molecule has 0 spiro atoms. The van der Waals surface area contributed by atoms with Crippen LogP contribution in [-0.2, 0) is 0 Å². The third kappa shape index (κ3) is 2.99. The molecule has 1 aromatic rings. The van der Waals surface area contributed by atoms with Gasteiger partial charge in [0.1, 0.15) is 0 Å². The van der Waals surface area contributed by atoms with E-state index in [4.69, 9.17) is 27.5 Å². The Morgan fingerprint density at radius 2 is 2.36 bits per heavy atom. The molecule has 1 unspecified atom stereocenters. The van der Waals surface area contributed by atoms with Gasteiger partial charge < -0.3 is 21.3 Å². The Morgan fingerprint density at radius 3 is 3.00 bits per heavy atom. The maximum atomic E-state index is 9.05. The Bertz CT molecular complexity index is 310. The SMILES string of the molecule is Nc1cnc(Cl)nc1NCC(O)CO. The van der Waals surface area contributed by atoms with E-state index in [0.29, 0.717) is 11.5 Å². The highest BCUT2D eigenvalue weighted by Crippen LogP contribution is 2.15. The first-order valence-electron chi connectivity index (χ1n) is 3.94. The molecule has 0 fully saturated rings. The summed E-state index contributed by atoms with van der Waals surface area (Å²) < 4.78 is 0. The lowest BCUT2D eigenvalue weighted by molar-refractivity contribution is 0.105. The predicted molar refractivity (Wildman–Crippen MR) is 53.0 cm³/mol. The topological polar surface area (TPSA) is 104 Å². The number of halogens is 1. The average Bonchev–Trinajstić information content (AvgIpc) is 2.19. The second-order valence-corrected chi connectivity index (χ2v) is 3.00. The number of aliphatic hydroxyl groups excluding tert-OH is 2. The summed E-state index contributed by atoms with van der Waals surface area (Å²) in [6.45, 7) is -0.181. The normalized spacial score (nSPS) is 12.5. The van der Waals surface area contributed by atoms with E-state index < -0.39 is 6.10 Å². The number of aliphatic hydroxyl groups is 2. The second-order valence-electron chi connectivity index (χ2n) is 2.66. The maximum Gasteiger partial charge on any atom is 0.224 e. The minimum atomic E-state index is -0.858. The van der Waals surface area contributed by atoms with Crippen molar-refractivity contribution in [1.82, 2.24) is 9.97 Å². The summed E-state index contributed by atoms with van der Waals surface area (Å²) in [6, 6.07) is 0. The molecule has 0 aromatic carbocycles. The van der Waals surface area contributed by atoms with Crippen LogP contribution in [0.2, 0.25) is 5.28 Å². The molecule has 1 atom stereocenters. The van der Waals surface area contributed by atoms with Crippen LogP contribution in [0.5, 0.6) is 0 Å². The number of hydrogen-bond donors (Lipinski definition) is 4. The highest BCUT2D eigenvalue weighted by atomic mass is 35.5. The number of nitrogens with zero attached hydrogens (tertiary/aromatic N) is 2. The van der Waals surface area contributed by atoms with Crippen LogP contribution >= 0.6 is 11.6 Å². The molecule has 1 heterocycles. The van der Waals surface area contributed by atoms with Gasteiger partial charge in [-0.2, -0.15) is 4.98 Å². The summed E-state index contributed by atoms with van der Waals surface area (Å²) in [4.78, 5) is 7.47. The van der Waals surface area contributed by atoms with Crippen molar-refractivity contribution in [2.45, 2.75) is 6.10 Å². The van der Waals surface area contributed by atoms with Gasteiger partial charge in [-0.25, -0.2) is 4.98 Å². The smallest absolute Gasteiger partial charge is 0.224 e. The standard InChI is InChI=1S/C7H11ClN4O2/c8-7-11-2-5(9)6(12-7)10-1-4(14)3-13/h2,4,13-14H,1,3,9H2,(H,10,11,12). The van der Waals surface area contributed by atoms with Crippen molar-refractivity contribution in [3.8, 4) is 0 Å². The van der Waals surface area contributed by atoms with E-state index in [1.165, 1.54) is 6.20 Å². The Kier molecular flexibility index (Phi) is 3.87. The van der Waals surface area contributed by atoms with Gasteiger partial charge in [-0.05, 0) is 11.6 Å². The van der Waals surface area contributed by atoms with Crippen LogP contribution in [0.25, 0.3) is 0 Å². The number of nitrogens with one attached hydrogen (secondary N) is 1. The van der Waals surface area contributed by atoms with Gasteiger partial charge in [0.15, 0.2) is 5.82 Å². The van der Waals surface area contributed by atoms with Crippen molar-refractivity contribution in [3.63, 3.8) is 0 Å². The van der Waals surface area contributed by atoms with Gasteiger partial charge in [0.25, 0.3) is 0 Å². The molecular weight excluding hydrogens is 208 g/mol. The summed E-state index contributed by atoms with van der Waals surface area (Å²) >= 11 is 5.54. The van der Waals surface area contributed by atoms with E-state index in [2.05, 4.69) is 15.3 Å². The number of aromatic nitrogens is 2. The molecule has 0 aliphatic carbocycles. The molecule has 7 heteroatoms. The molecule has 6 nitrogen and oxygen atoms in total. The van der Waals surface area contributed by atoms with E-state index in [1.54, 1.807) is 0 Å². The van der Waals surface area contributed by atoms with E-state index in [0.717, 1.165) is 0 Å². The molecule has 14 heavy (non-hydrogen) atoms. The predicted octanol–water partition coefficient (Wildman–Crippen LogP) is -0.523. The van der Waals surface area contributed by atoms with Crippen LogP contribution in [0.15, 0.2) is 6.20 Å². The number of anilines is 2. The molecule has 1 rings (SSSR count). The van der Waals surface area contributed by atoms with Crippen molar-refractivity contribution in [3.05, 3.63) is 11.5 Å². The number of nitrogen functional groups attached to an aromatic ring is 1. The molecule has 5 N–H and O–H groups in total. The van der Waals surface area contributed by atoms with Gasteiger partial charge in [-0.3, -0.25) is 0 Å². The third-order valence-corrected chi connectivity index (χ3v) is 1.69. The van der Waals surface area contributed by atoms with Gasteiger partial charge >= 0.3 is 0 Å². The molecule has 0 amide bonds. The van der Waals surface area contributed by atoms with Gasteiger partial charge in [0.2, 0.25) is 5.28 Å². The fourth-order valence-electron chi connectivity index (χ4n) is 0.790. The van der Waals surface area contributed by atoms with Crippen molar-refractivity contribution in [1.29, 1.82) is 0 Å². The zero-order valence-corrected chi connectivity index (χ0v) is 8.07. The lowest BCUT2D eigenvalue weighted by atomic mass is 10.3. The van der Waals surface area contributed by atoms with Crippen molar-refractivity contribution >= 4 is 23.1 Å². The molecule has 0 saturated carbocycles. The zero-order valence-electron chi connectivity index (χ0n) is 7.31. The van der Waals surface area contributed by atoms with Crippen LogP contribution in [0.4, 0.5) is 11.5 Å². The van der Waals surface area contributed by atoms with Crippen LogP contribution in [0.1, 0.15) is 0 Å². The van der Waals surface area contributed by atoms with Crippen LogP contribution in [-0.4, -0.2) is 39.4 Å². The molecule has 0 aliphatic rings. The molecule has 0 radical (unpaired) electrons. The first-order valence-corrected chi connectivity index (χ1v) is 4.32. The highest BCUT2D eigenvalue weighted by molar-refractivity contribution is 6.28. The third-order valence-electron chi connectivity index (χ3n) is 1.50. The molecular formula is C7H11ClN4O2. The number of rotatable bonds is 4. The molecule has 78 valence electrons. The van der Waals surface area contributed by atoms with Crippen molar-refractivity contribution in [2.24, 2.45) is 0 Å². The summed E-state index contributed by atoms with van der Waals surface area (Å²) in [6.07, 6.45) is 0.506. The van der Waals surface area contributed by atoms with Crippen LogP contribution < -0.4 is 11.1 Å². The Labute approximate surface area is 85.7 Å². The molecule has 0 saturated heterocycles. The number of hydrogen-bond acceptors (Lipinski definition) is 6. The molecule has 1 aromatic heterocycles. The monoisotopic (exact) mass is 218 g/mol. The van der Waals surface area contributed by atoms with E-state index >= 15 is 0 Å². The second kappa shape index (κ2) is 4.94. The minimum Gasteiger partial charge on any atom is -0.394 e. The summed E-state index contributed by atoms with van der Waals surface area (Å²) in [7, 11) is 0. The first-order chi connectivity index (χ1) is 6.63. The van der Waals surface area contributed by atoms with Gasteiger partial charge in [-0.15, -0.1) is 0 Å². The quantitative estimate of drug-likeness (QED) is 0.507. The Balaban J connectivity index is 2.62. The Hall–Kier alpha value is -1.11. The summed E-state index contributed by atoms with van der Waals surface area (Å²) in [5.41, 5.74) is 5.86. The fraction of sp³-hybridized carbons (Fsp3) is 0.429. The summed E-state index contributed by atoms with van der Waals surface area (Å²) in [5, 5.41) is 20.4. The first kappa shape index (κ1) is 11.0. The average molecular weight is 219 g/mol. The van der Waals surface area contributed by atoms with Gasteiger partial charge in [0, 0.05) is 6.54 Å². The van der Waals surface area contributed by atoms with E-state index in [1.807, 2.05) is 0 Å². The fourth-order valence-corrected chi connectivity index (χ4v) is 0.924. The maximum absolute atomic E-state index is 9.05. The van der Waals surface area contributed by atoms with Gasteiger partial charge in [-0.1, -0.05) is 0 Å². The molecule has 0 aliphatic heterocycles. The van der Waals surface area contributed by atoms with Crippen molar-refractivity contribution < 1.29 is 10.2 Å². The largest absolute Gasteiger partial charge is 0.394 e. The zero-order chi connectivity index (χ0) is 10.6. The lowest BCUT2D eigenvalue weighted by Gasteiger charge is -2.10. The van der Waals surface area contributed by atoms with Gasteiger partial charge in [0.05, 0.1) is 24.6 Å². The lowest BCUT2D eigenvalue weighted by Crippen LogP contribution is -2.23. The van der Waals surface area contributed by atoms with Crippen LogP contribution in [0, 0.1) is 0 Å². The minimum absolute atomic E-state index is 0.0696. The van der Waals surface area contributed by atoms with E-state index in [-0.39, 0.29) is 18.4 Å². The van der Waals surface area contributed by atoms with Crippen molar-refractivity contribution in [2.75, 3.05) is 24.2 Å². The molecule has 0 bridgehead atoms. The highest BCUT2D eigenvalue weighted by Gasteiger charge is 2.05. The summed E-state index contributed by atoms with van der Waals surface area (Å²) in [5.74, 6) is 0.345. The van der Waals surface area contributed by atoms with E-state index in [9.17, 15) is 0 Å². The Morgan fingerprint density at radius 1 is 1.64 bits per heavy atom. The van der Waals surface area contributed by atoms with Crippen LogP contribution in [0.3, 0.4) is 0 Å².